The van der Waals surface area contributed by atoms with Crippen LogP contribution >= 0.6 is 0 Å². The van der Waals surface area contributed by atoms with Gasteiger partial charge in [0.05, 0.1) is 18.0 Å². The summed E-state index contributed by atoms with van der Waals surface area (Å²) in [5, 5.41) is 13.4. The summed E-state index contributed by atoms with van der Waals surface area (Å²) in [7, 11) is 0. The average Bonchev–Trinajstić information content (AvgIpc) is 3.44. The van der Waals surface area contributed by atoms with Gasteiger partial charge in [0, 0.05) is 23.9 Å². The van der Waals surface area contributed by atoms with Crippen LogP contribution in [0.15, 0.2) is 47.5 Å². The zero-order valence-electron chi connectivity index (χ0n) is 18.5. The molecule has 13 heteroatoms. The number of imidazole rings is 1. The zero-order valence-corrected chi connectivity index (χ0v) is 18.5. The van der Waals surface area contributed by atoms with E-state index in [0.717, 1.165) is 16.8 Å². The highest BCUT2D eigenvalue weighted by molar-refractivity contribution is 5.94. The van der Waals surface area contributed by atoms with Crippen LogP contribution in [0.4, 0.5) is 18.9 Å². The van der Waals surface area contributed by atoms with Crippen molar-refractivity contribution in [3.8, 4) is 28.8 Å². The second-order valence-electron chi connectivity index (χ2n) is 7.71. The van der Waals surface area contributed by atoms with Crippen LogP contribution in [0.3, 0.4) is 0 Å². The molecule has 1 N–H and O–H groups in total. The normalized spacial score (nSPS) is 13.5. The number of carbonyl (C=O) groups is 1. The number of nitrogens with one attached hydrogen (secondary N) is 1. The van der Waals surface area contributed by atoms with Crippen LogP contribution in [-0.4, -0.2) is 38.5 Å². The molecular formula is C23H15F3N6O4. The van der Waals surface area contributed by atoms with Gasteiger partial charge in [0.2, 0.25) is 5.91 Å². The summed E-state index contributed by atoms with van der Waals surface area (Å²) < 4.78 is 50.6. The lowest BCUT2D eigenvalue weighted by Crippen LogP contribution is -2.37. The minimum absolute atomic E-state index is 0.0314. The van der Waals surface area contributed by atoms with Crippen LogP contribution in [0.25, 0.3) is 22.3 Å². The number of amides is 1. The molecule has 1 amide bonds. The van der Waals surface area contributed by atoms with Crippen molar-refractivity contribution in [2.45, 2.75) is 19.8 Å². The third-order valence-corrected chi connectivity index (χ3v) is 5.43. The Morgan fingerprint density at radius 2 is 2.00 bits per heavy atom. The van der Waals surface area contributed by atoms with E-state index in [0.29, 0.717) is 0 Å². The van der Waals surface area contributed by atoms with Crippen molar-refractivity contribution in [1.29, 1.82) is 5.26 Å². The highest BCUT2D eigenvalue weighted by atomic mass is 19.3. The molecule has 5 rings (SSSR count). The molecule has 0 spiro atoms. The van der Waals surface area contributed by atoms with Crippen molar-refractivity contribution in [3.05, 3.63) is 64.5 Å². The van der Waals surface area contributed by atoms with Gasteiger partial charge in [-0.15, -0.1) is 8.78 Å². The van der Waals surface area contributed by atoms with Gasteiger partial charge in [0.15, 0.2) is 11.5 Å². The first-order valence-corrected chi connectivity index (χ1v) is 10.5. The van der Waals surface area contributed by atoms with E-state index in [1.807, 2.05) is 6.07 Å². The van der Waals surface area contributed by atoms with Crippen molar-refractivity contribution in [2.24, 2.45) is 0 Å². The number of likely N-dealkylation sites (N-methyl/N-ethyl adjacent to an activating group) is 1. The second kappa shape index (κ2) is 8.42. The quantitative estimate of drug-likeness (QED) is 0.450. The molecule has 0 saturated carbocycles. The number of aromatic amines is 1. The highest BCUT2D eigenvalue weighted by Crippen LogP contribution is 2.42. The van der Waals surface area contributed by atoms with Crippen molar-refractivity contribution in [3.63, 3.8) is 0 Å². The average molecular weight is 496 g/mol. The Morgan fingerprint density at radius 1 is 1.22 bits per heavy atom. The molecule has 36 heavy (non-hydrogen) atoms. The number of rotatable bonds is 5. The fraction of sp³-hybridized carbons (Fsp3) is 0.174. The van der Waals surface area contributed by atoms with Gasteiger partial charge in [-0.3, -0.25) is 9.59 Å². The third kappa shape index (κ3) is 3.98. The first-order chi connectivity index (χ1) is 17.2. The van der Waals surface area contributed by atoms with Gasteiger partial charge in [-0.05, 0) is 37.3 Å². The number of H-pyrrole nitrogens is 1. The fourth-order valence-electron chi connectivity index (χ4n) is 3.89. The molecule has 1 aliphatic heterocycles. The molecule has 1 aliphatic rings. The maximum Gasteiger partial charge on any atom is 0.586 e. The number of benzene rings is 2. The number of fused-ring (bicyclic) bond motifs is 2. The molecule has 0 atom stereocenters. The number of anilines is 1. The monoisotopic (exact) mass is 496 g/mol. The second-order valence-corrected chi connectivity index (χ2v) is 7.71. The van der Waals surface area contributed by atoms with Gasteiger partial charge in [-0.1, -0.05) is 0 Å². The van der Waals surface area contributed by atoms with E-state index in [1.54, 1.807) is 6.92 Å². The number of hydrogen-bond acceptors (Lipinski definition) is 7. The van der Waals surface area contributed by atoms with Crippen LogP contribution in [0.1, 0.15) is 12.5 Å². The maximum absolute atomic E-state index is 14.1. The minimum atomic E-state index is -3.81. The smallest absolute Gasteiger partial charge is 0.395 e. The van der Waals surface area contributed by atoms with E-state index in [4.69, 9.17) is 0 Å². The Kier molecular flexibility index (Phi) is 5.36. The van der Waals surface area contributed by atoms with Crippen LogP contribution in [0, 0.1) is 17.1 Å². The molecule has 0 fully saturated rings. The predicted molar refractivity (Wildman–Crippen MR) is 119 cm³/mol. The predicted octanol–water partition coefficient (Wildman–Crippen LogP) is 3.17. The van der Waals surface area contributed by atoms with Crippen molar-refractivity contribution in [1.82, 2.24) is 19.7 Å². The first-order valence-electron chi connectivity index (χ1n) is 10.5. The lowest BCUT2D eigenvalue weighted by molar-refractivity contribution is -0.286. The minimum Gasteiger partial charge on any atom is -0.395 e. The molecule has 2 aromatic carbocycles. The van der Waals surface area contributed by atoms with Crippen molar-refractivity contribution in [2.75, 3.05) is 11.4 Å². The van der Waals surface area contributed by atoms with Gasteiger partial charge < -0.3 is 19.4 Å². The SMILES string of the molecule is CCN(C(=O)Cn1nc(-c2cc(F)cc(C#N)c2)c2nc[nH]c2c1=O)c1ccc2c(c1)OC(F)(F)O2. The standard InChI is InChI=1S/C23H15F3N6O4/c1-2-31(15-3-4-16-17(8-15)36-23(25,26)35-16)18(33)10-32-22(34)21-20(28-11-29-21)19(30-32)13-5-12(9-27)6-14(24)7-13/h3-8,11H,2,10H2,1H3,(H,28,29). The molecule has 0 bridgehead atoms. The van der Waals surface area contributed by atoms with Crippen LogP contribution < -0.4 is 19.9 Å². The van der Waals surface area contributed by atoms with Crippen LogP contribution in [0.2, 0.25) is 0 Å². The van der Waals surface area contributed by atoms with E-state index < -0.39 is 30.1 Å². The Morgan fingerprint density at radius 3 is 2.75 bits per heavy atom. The lowest BCUT2D eigenvalue weighted by atomic mass is 10.1. The van der Waals surface area contributed by atoms with Crippen molar-refractivity contribution >= 4 is 22.6 Å². The largest absolute Gasteiger partial charge is 0.586 e. The van der Waals surface area contributed by atoms with E-state index in [-0.39, 0.29) is 51.6 Å². The molecule has 10 nitrogen and oxygen atoms in total. The Balaban J connectivity index is 1.52. The van der Waals surface area contributed by atoms with E-state index >= 15 is 0 Å². The molecule has 0 unspecified atom stereocenters. The van der Waals surface area contributed by atoms with Gasteiger partial charge in [0.25, 0.3) is 5.56 Å². The fourth-order valence-corrected chi connectivity index (χ4v) is 3.89. The number of nitriles is 1. The van der Waals surface area contributed by atoms with Gasteiger partial charge >= 0.3 is 6.29 Å². The van der Waals surface area contributed by atoms with E-state index in [9.17, 15) is 28.0 Å². The molecule has 2 aromatic heterocycles. The molecule has 0 saturated heterocycles. The molecule has 4 aromatic rings. The molecule has 0 radical (unpaired) electrons. The van der Waals surface area contributed by atoms with E-state index in [1.165, 1.54) is 35.5 Å². The number of halogens is 3. The summed E-state index contributed by atoms with van der Waals surface area (Å²) in [6.45, 7) is 1.27. The number of ether oxygens (including phenoxy) is 2. The number of nitrogens with zero attached hydrogens (tertiary/aromatic N) is 5. The van der Waals surface area contributed by atoms with E-state index in [2.05, 4.69) is 24.5 Å². The van der Waals surface area contributed by atoms with Gasteiger partial charge in [-0.2, -0.15) is 10.4 Å². The van der Waals surface area contributed by atoms with Crippen molar-refractivity contribution < 1.29 is 27.4 Å². The number of hydrogen-bond donors (Lipinski definition) is 1. The molecule has 3 heterocycles. The Labute approximate surface area is 200 Å². The Bertz CT molecular complexity index is 1620. The number of alkyl halides is 2. The summed E-state index contributed by atoms with van der Waals surface area (Å²) in [5.74, 6) is -1.68. The van der Waals surface area contributed by atoms with Crippen LogP contribution in [0.5, 0.6) is 11.5 Å². The summed E-state index contributed by atoms with van der Waals surface area (Å²) in [4.78, 5) is 34.2. The number of carbonyl (C=O) groups excluding carboxylic acids is 1. The maximum atomic E-state index is 14.1. The molecule has 182 valence electrons. The lowest BCUT2D eigenvalue weighted by Gasteiger charge is -2.21. The first kappa shape index (κ1) is 22.9. The highest BCUT2D eigenvalue weighted by Gasteiger charge is 2.43. The van der Waals surface area contributed by atoms with Crippen LogP contribution in [-0.2, 0) is 11.3 Å². The summed E-state index contributed by atoms with van der Waals surface area (Å²) in [6.07, 6.45) is -2.55. The summed E-state index contributed by atoms with van der Waals surface area (Å²) in [6, 6.07) is 9.30. The van der Waals surface area contributed by atoms with Gasteiger partial charge in [0.1, 0.15) is 29.1 Å². The van der Waals surface area contributed by atoms with Gasteiger partial charge in [-0.25, -0.2) is 14.1 Å². The zero-order chi connectivity index (χ0) is 25.6. The third-order valence-electron chi connectivity index (χ3n) is 5.43. The topological polar surface area (TPSA) is 126 Å². The number of aromatic nitrogens is 4. The summed E-state index contributed by atoms with van der Waals surface area (Å²) in [5.41, 5.74) is 0.0676. The Hall–Kier alpha value is -4.86. The molecule has 0 aliphatic carbocycles. The molecular weight excluding hydrogens is 481 g/mol. The summed E-state index contributed by atoms with van der Waals surface area (Å²) >= 11 is 0.